The molecule has 1 fully saturated rings. The summed E-state index contributed by atoms with van der Waals surface area (Å²) >= 11 is 0. The number of ketones is 1. The van der Waals surface area contributed by atoms with E-state index >= 15 is 0 Å². The molecule has 0 spiro atoms. The van der Waals surface area contributed by atoms with Crippen LogP contribution >= 0.6 is 0 Å². The lowest BCUT2D eigenvalue weighted by molar-refractivity contribution is 0.0967. The SMILES string of the molecule is O=C1NCC(Cn2c3c(ccc2=O)C(=O)CCC3)O1. The number of fused-ring (bicyclic) bond motifs is 1. The lowest BCUT2D eigenvalue weighted by Gasteiger charge is -2.21. The number of hydrogen-bond acceptors (Lipinski definition) is 4. The van der Waals surface area contributed by atoms with E-state index in [1.165, 1.54) is 6.07 Å². The molecule has 1 unspecified atom stereocenters. The molecular formula is C13H14N2O4. The highest BCUT2D eigenvalue weighted by Crippen LogP contribution is 2.20. The summed E-state index contributed by atoms with van der Waals surface area (Å²) in [6.45, 7) is 0.691. The van der Waals surface area contributed by atoms with Gasteiger partial charge in [0.25, 0.3) is 5.56 Å². The summed E-state index contributed by atoms with van der Waals surface area (Å²) in [6, 6.07) is 3.01. The van der Waals surface area contributed by atoms with Gasteiger partial charge in [-0.05, 0) is 18.9 Å². The Bertz CT molecular complexity index is 605. The number of nitrogens with zero attached hydrogens (tertiary/aromatic N) is 1. The van der Waals surface area contributed by atoms with Crippen molar-refractivity contribution in [1.29, 1.82) is 0 Å². The van der Waals surface area contributed by atoms with Gasteiger partial charge in [-0.15, -0.1) is 0 Å². The number of pyridine rings is 1. The largest absolute Gasteiger partial charge is 0.442 e. The summed E-state index contributed by atoms with van der Waals surface area (Å²) in [5.74, 6) is 0.0801. The topological polar surface area (TPSA) is 77.4 Å². The Balaban J connectivity index is 1.96. The minimum atomic E-state index is -0.459. The minimum absolute atomic E-state index is 0.0801. The van der Waals surface area contributed by atoms with Crippen molar-refractivity contribution in [2.24, 2.45) is 0 Å². The molecule has 6 heteroatoms. The first-order valence-electron chi connectivity index (χ1n) is 6.35. The van der Waals surface area contributed by atoms with Gasteiger partial charge in [-0.1, -0.05) is 0 Å². The van der Waals surface area contributed by atoms with E-state index in [-0.39, 0.29) is 17.4 Å². The van der Waals surface area contributed by atoms with E-state index in [4.69, 9.17) is 4.74 Å². The number of rotatable bonds is 2. The maximum Gasteiger partial charge on any atom is 0.407 e. The van der Waals surface area contributed by atoms with E-state index in [0.29, 0.717) is 31.5 Å². The third-order valence-electron chi connectivity index (χ3n) is 3.55. The van der Waals surface area contributed by atoms with Crippen LogP contribution in [0.25, 0.3) is 0 Å². The van der Waals surface area contributed by atoms with Gasteiger partial charge in [0.2, 0.25) is 0 Å². The first-order valence-corrected chi connectivity index (χ1v) is 6.35. The highest BCUT2D eigenvalue weighted by Gasteiger charge is 2.26. The molecular weight excluding hydrogens is 248 g/mol. The molecule has 6 nitrogen and oxygen atoms in total. The number of amides is 1. The minimum Gasteiger partial charge on any atom is -0.442 e. The Morgan fingerprint density at radius 3 is 2.84 bits per heavy atom. The molecule has 3 rings (SSSR count). The van der Waals surface area contributed by atoms with Crippen molar-refractivity contribution in [1.82, 2.24) is 9.88 Å². The third-order valence-corrected chi connectivity index (χ3v) is 3.55. The standard InChI is InChI=1S/C13H14N2O4/c16-11-3-1-2-10-9(11)4-5-12(17)15(10)7-8-6-14-13(18)19-8/h4-5,8H,1-3,6-7H2,(H,14,18). The van der Waals surface area contributed by atoms with Crippen LogP contribution in [-0.2, 0) is 17.7 Å². The van der Waals surface area contributed by atoms with Crippen molar-refractivity contribution < 1.29 is 14.3 Å². The van der Waals surface area contributed by atoms with E-state index in [2.05, 4.69) is 5.32 Å². The molecule has 1 aromatic heterocycles. The molecule has 0 aromatic carbocycles. The third kappa shape index (κ3) is 2.14. The predicted molar refractivity (Wildman–Crippen MR) is 66.2 cm³/mol. The molecule has 1 N–H and O–H groups in total. The zero-order valence-corrected chi connectivity index (χ0v) is 10.3. The van der Waals surface area contributed by atoms with Crippen molar-refractivity contribution in [2.75, 3.05) is 6.54 Å². The lowest BCUT2D eigenvalue weighted by Crippen LogP contribution is -2.33. The zero-order chi connectivity index (χ0) is 13.4. The molecule has 19 heavy (non-hydrogen) atoms. The molecule has 0 saturated carbocycles. The summed E-state index contributed by atoms with van der Waals surface area (Å²) < 4.78 is 6.61. The van der Waals surface area contributed by atoms with E-state index in [9.17, 15) is 14.4 Å². The van der Waals surface area contributed by atoms with Gasteiger partial charge in [0, 0.05) is 23.7 Å². The number of Topliss-reactive ketones (excluding diaryl/α,β-unsaturated/α-hetero) is 1. The van der Waals surface area contributed by atoms with E-state index < -0.39 is 6.09 Å². The fourth-order valence-corrected chi connectivity index (χ4v) is 2.63. The van der Waals surface area contributed by atoms with Gasteiger partial charge >= 0.3 is 6.09 Å². The Morgan fingerprint density at radius 1 is 1.26 bits per heavy atom. The molecule has 1 aromatic rings. The number of hydrogen-bond donors (Lipinski definition) is 1. The monoisotopic (exact) mass is 262 g/mol. The van der Waals surface area contributed by atoms with Gasteiger partial charge in [-0.3, -0.25) is 9.59 Å². The molecule has 1 aliphatic carbocycles. The van der Waals surface area contributed by atoms with Crippen LogP contribution in [0, 0.1) is 0 Å². The summed E-state index contributed by atoms with van der Waals surface area (Å²) in [6.07, 6.45) is 1.20. The van der Waals surface area contributed by atoms with E-state index in [1.807, 2.05) is 0 Å². The van der Waals surface area contributed by atoms with Crippen LogP contribution < -0.4 is 10.9 Å². The summed E-state index contributed by atoms with van der Waals surface area (Å²) in [4.78, 5) is 34.8. The molecule has 100 valence electrons. The van der Waals surface area contributed by atoms with Gasteiger partial charge in [0.05, 0.1) is 13.1 Å². The normalized spacial score (nSPS) is 21.8. The average Bonchev–Trinajstić information content (AvgIpc) is 2.79. The van der Waals surface area contributed by atoms with Crippen molar-refractivity contribution in [3.8, 4) is 0 Å². The van der Waals surface area contributed by atoms with E-state index in [0.717, 1.165) is 12.1 Å². The van der Waals surface area contributed by atoms with Crippen LogP contribution in [0.15, 0.2) is 16.9 Å². The van der Waals surface area contributed by atoms with Gasteiger partial charge < -0.3 is 14.6 Å². The van der Waals surface area contributed by atoms with Crippen LogP contribution in [0.2, 0.25) is 0 Å². The zero-order valence-electron chi connectivity index (χ0n) is 10.3. The highest BCUT2D eigenvalue weighted by atomic mass is 16.6. The quantitative estimate of drug-likeness (QED) is 0.840. The van der Waals surface area contributed by atoms with Gasteiger partial charge in [0.15, 0.2) is 5.78 Å². The molecule has 1 atom stereocenters. The maximum absolute atomic E-state index is 12.0. The Kier molecular flexibility index (Phi) is 2.85. The average molecular weight is 262 g/mol. The summed E-state index contributed by atoms with van der Waals surface area (Å²) in [7, 11) is 0. The van der Waals surface area contributed by atoms with Crippen LogP contribution in [-0.4, -0.2) is 29.1 Å². The lowest BCUT2D eigenvalue weighted by atomic mass is 9.94. The number of carbonyl (C=O) groups is 2. The summed E-state index contributed by atoms with van der Waals surface area (Å²) in [5.41, 5.74) is 1.24. The predicted octanol–water partition coefficient (Wildman–Crippen LogP) is 0.476. The molecule has 0 bridgehead atoms. The number of ether oxygens (including phenoxy) is 1. The van der Waals surface area contributed by atoms with Crippen molar-refractivity contribution in [2.45, 2.75) is 31.9 Å². The first kappa shape index (κ1) is 12.0. The van der Waals surface area contributed by atoms with Crippen LogP contribution in [0.3, 0.4) is 0 Å². The van der Waals surface area contributed by atoms with E-state index in [1.54, 1.807) is 10.6 Å². The Morgan fingerprint density at radius 2 is 2.11 bits per heavy atom. The number of carbonyl (C=O) groups excluding carboxylic acids is 2. The number of nitrogens with one attached hydrogen (secondary N) is 1. The van der Waals surface area contributed by atoms with Crippen LogP contribution in [0.4, 0.5) is 4.79 Å². The Labute approximate surface area is 109 Å². The van der Waals surface area contributed by atoms with Crippen molar-refractivity contribution in [3.63, 3.8) is 0 Å². The molecule has 1 aliphatic heterocycles. The number of cyclic esters (lactones) is 1. The van der Waals surface area contributed by atoms with Crippen molar-refractivity contribution >= 4 is 11.9 Å². The van der Waals surface area contributed by atoms with Crippen molar-refractivity contribution in [3.05, 3.63) is 33.7 Å². The highest BCUT2D eigenvalue weighted by molar-refractivity contribution is 5.97. The molecule has 0 radical (unpaired) electrons. The van der Waals surface area contributed by atoms with Gasteiger partial charge in [0.1, 0.15) is 6.10 Å². The fraction of sp³-hybridized carbons (Fsp3) is 0.462. The van der Waals surface area contributed by atoms with Crippen LogP contribution in [0.1, 0.15) is 28.9 Å². The molecule has 1 saturated heterocycles. The molecule has 1 amide bonds. The Hall–Kier alpha value is -2.11. The van der Waals surface area contributed by atoms with Crippen LogP contribution in [0.5, 0.6) is 0 Å². The number of alkyl carbamates (subject to hydrolysis) is 1. The maximum atomic E-state index is 12.0. The second-order valence-electron chi connectivity index (χ2n) is 4.83. The van der Waals surface area contributed by atoms with Gasteiger partial charge in [-0.2, -0.15) is 0 Å². The second kappa shape index (κ2) is 4.53. The molecule has 2 heterocycles. The van der Waals surface area contributed by atoms with Gasteiger partial charge in [-0.25, -0.2) is 4.79 Å². The fourth-order valence-electron chi connectivity index (χ4n) is 2.63. The number of aromatic nitrogens is 1. The smallest absolute Gasteiger partial charge is 0.407 e. The molecule has 2 aliphatic rings. The first-order chi connectivity index (χ1) is 9.15. The second-order valence-corrected chi connectivity index (χ2v) is 4.83. The summed E-state index contributed by atoms with van der Waals surface area (Å²) in [5, 5.41) is 2.55.